The van der Waals surface area contributed by atoms with E-state index < -0.39 is 0 Å². The molecule has 5 heteroatoms. The first-order valence-corrected chi connectivity index (χ1v) is 7.26. The van der Waals surface area contributed by atoms with Gasteiger partial charge < -0.3 is 10.3 Å². The van der Waals surface area contributed by atoms with Gasteiger partial charge in [0.05, 0.1) is 0 Å². The van der Waals surface area contributed by atoms with Crippen molar-refractivity contribution in [3.05, 3.63) is 69.0 Å². The highest BCUT2D eigenvalue weighted by Crippen LogP contribution is 2.04. The molecule has 0 fully saturated rings. The Balaban J connectivity index is 1.93. The highest BCUT2D eigenvalue weighted by molar-refractivity contribution is 5.14. The number of nitrogens with zero attached hydrogens (tertiary/aromatic N) is 2. The Kier molecular flexibility index (Phi) is 5.51. The molecule has 0 aliphatic carbocycles. The second kappa shape index (κ2) is 7.59. The van der Waals surface area contributed by atoms with Gasteiger partial charge in [0.25, 0.3) is 5.56 Å². The summed E-state index contributed by atoms with van der Waals surface area (Å²) in [6.07, 6.45) is 4.47. The highest BCUT2D eigenvalue weighted by atomic mass is 16.2. The molecule has 21 heavy (non-hydrogen) atoms. The van der Waals surface area contributed by atoms with Gasteiger partial charge in [0, 0.05) is 31.9 Å². The Morgan fingerprint density at radius 2 is 1.71 bits per heavy atom. The summed E-state index contributed by atoms with van der Waals surface area (Å²) in [5, 5.41) is 0. The van der Waals surface area contributed by atoms with E-state index in [0.29, 0.717) is 6.54 Å². The largest absolute Gasteiger partial charge is 0.331 e. The van der Waals surface area contributed by atoms with E-state index in [1.165, 1.54) is 16.2 Å². The first kappa shape index (κ1) is 15.3. The van der Waals surface area contributed by atoms with Crippen LogP contribution in [0.25, 0.3) is 0 Å². The lowest BCUT2D eigenvalue weighted by Gasteiger charge is -2.09. The Bertz CT molecular complexity index is 674. The van der Waals surface area contributed by atoms with Gasteiger partial charge in [0.15, 0.2) is 0 Å². The van der Waals surface area contributed by atoms with Crippen molar-refractivity contribution < 1.29 is 0 Å². The molecular weight excluding hydrogens is 266 g/mol. The van der Waals surface area contributed by atoms with Crippen LogP contribution in [0.15, 0.2) is 52.2 Å². The molecular formula is C16H21N3O2. The van der Waals surface area contributed by atoms with E-state index in [2.05, 4.69) is 12.1 Å². The molecule has 0 saturated carbocycles. The van der Waals surface area contributed by atoms with Crippen LogP contribution in [0.4, 0.5) is 0 Å². The number of hydrogen-bond acceptors (Lipinski definition) is 3. The van der Waals surface area contributed by atoms with Crippen LogP contribution in [0.5, 0.6) is 0 Å². The third kappa shape index (κ3) is 4.16. The fraction of sp³-hybridized carbons (Fsp3) is 0.375. The van der Waals surface area contributed by atoms with Crippen LogP contribution in [0.2, 0.25) is 0 Å². The zero-order valence-corrected chi connectivity index (χ0v) is 12.1. The van der Waals surface area contributed by atoms with E-state index in [4.69, 9.17) is 5.73 Å². The highest BCUT2D eigenvalue weighted by Gasteiger charge is 2.04. The van der Waals surface area contributed by atoms with Crippen molar-refractivity contribution in [1.82, 2.24) is 9.13 Å². The predicted octanol–water partition coefficient (Wildman–Crippen LogP) is 0.992. The molecule has 2 aromatic rings. The summed E-state index contributed by atoms with van der Waals surface area (Å²) in [6, 6.07) is 11.7. The van der Waals surface area contributed by atoms with Crippen LogP contribution in [-0.4, -0.2) is 15.7 Å². The fourth-order valence-corrected chi connectivity index (χ4v) is 2.32. The maximum absolute atomic E-state index is 12.1. The standard InChI is InChI=1S/C16H21N3O2/c17-10-13-19-15(20)9-12-18(16(19)21)11-5-4-8-14-6-2-1-3-7-14/h1-3,6-7,9,12H,4-5,8,10-11,13,17H2. The Morgan fingerprint density at radius 1 is 0.952 bits per heavy atom. The fourth-order valence-electron chi connectivity index (χ4n) is 2.32. The molecule has 112 valence electrons. The number of unbranched alkanes of at least 4 members (excludes halogenated alkanes) is 1. The van der Waals surface area contributed by atoms with Crippen molar-refractivity contribution in [2.45, 2.75) is 32.4 Å². The molecule has 0 bridgehead atoms. The van der Waals surface area contributed by atoms with E-state index >= 15 is 0 Å². The van der Waals surface area contributed by atoms with Crippen molar-refractivity contribution in [2.24, 2.45) is 5.73 Å². The molecule has 2 rings (SSSR count). The Labute approximate surface area is 123 Å². The molecule has 0 saturated heterocycles. The van der Waals surface area contributed by atoms with Gasteiger partial charge in [-0.15, -0.1) is 0 Å². The van der Waals surface area contributed by atoms with Gasteiger partial charge in [-0.2, -0.15) is 0 Å². The lowest BCUT2D eigenvalue weighted by Crippen LogP contribution is -2.40. The van der Waals surface area contributed by atoms with E-state index in [0.717, 1.165) is 19.3 Å². The van der Waals surface area contributed by atoms with Gasteiger partial charge >= 0.3 is 5.69 Å². The van der Waals surface area contributed by atoms with Crippen LogP contribution in [0.1, 0.15) is 18.4 Å². The molecule has 0 radical (unpaired) electrons. The minimum absolute atomic E-state index is 0.266. The topological polar surface area (TPSA) is 70.0 Å². The van der Waals surface area contributed by atoms with E-state index in [-0.39, 0.29) is 24.3 Å². The summed E-state index contributed by atoms with van der Waals surface area (Å²) >= 11 is 0. The van der Waals surface area contributed by atoms with Crippen LogP contribution in [0.3, 0.4) is 0 Å². The third-order valence-corrected chi connectivity index (χ3v) is 3.45. The Morgan fingerprint density at radius 3 is 2.43 bits per heavy atom. The Hall–Kier alpha value is -2.14. The van der Waals surface area contributed by atoms with Gasteiger partial charge in [-0.3, -0.25) is 9.36 Å². The summed E-state index contributed by atoms with van der Waals surface area (Å²) in [7, 11) is 0. The first-order chi connectivity index (χ1) is 10.2. The molecule has 0 amide bonds. The molecule has 0 spiro atoms. The van der Waals surface area contributed by atoms with Crippen molar-refractivity contribution in [3.8, 4) is 0 Å². The maximum Gasteiger partial charge on any atom is 0.331 e. The van der Waals surface area contributed by atoms with E-state index in [9.17, 15) is 9.59 Å². The summed E-state index contributed by atoms with van der Waals surface area (Å²) in [4.78, 5) is 23.7. The van der Waals surface area contributed by atoms with Crippen molar-refractivity contribution in [2.75, 3.05) is 6.54 Å². The number of aromatic nitrogens is 2. The van der Waals surface area contributed by atoms with Crippen LogP contribution < -0.4 is 17.0 Å². The van der Waals surface area contributed by atoms with Crippen molar-refractivity contribution in [1.29, 1.82) is 0 Å². The van der Waals surface area contributed by atoms with E-state index in [1.807, 2.05) is 18.2 Å². The normalized spacial score (nSPS) is 10.7. The summed E-state index contributed by atoms with van der Waals surface area (Å²) in [5.74, 6) is 0. The molecule has 0 unspecified atom stereocenters. The first-order valence-electron chi connectivity index (χ1n) is 7.26. The minimum Gasteiger partial charge on any atom is -0.329 e. The van der Waals surface area contributed by atoms with Crippen molar-refractivity contribution >= 4 is 0 Å². The molecule has 0 aliphatic heterocycles. The van der Waals surface area contributed by atoms with Crippen LogP contribution in [0, 0.1) is 0 Å². The third-order valence-electron chi connectivity index (χ3n) is 3.45. The number of nitrogens with two attached hydrogens (primary N) is 1. The number of rotatable bonds is 7. The molecule has 0 aliphatic rings. The minimum atomic E-state index is -0.286. The van der Waals surface area contributed by atoms with Gasteiger partial charge in [0.2, 0.25) is 0 Å². The smallest absolute Gasteiger partial charge is 0.329 e. The van der Waals surface area contributed by atoms with Gasteiger partial charge in [-0.05, 0) is 24.8 Å². The predicted molar refractivity (Wildman–Crippen MR) is 83.4 cm³/mol. The number of hydrogen-bond donors (Lipinski definition) is 1. The van der Waals surface area contributed by atoms with Gasteiger partial charge in [0.1, 0.15) is 0 Å². The second-order valence-electron chi connectivity index (χ2n) is 5.01. The summed E-state index contributed by atoms with van der Waals surface area (Å²) < 4.78 is 2.78. The quantitative estimate of drug-likeness (QED) is 0.772. The molecule has 1 heterocycles. The zero-order chi connectivity index (χ0) is 15.1. The maximum atomic E-state index is 12.1. The molecule has 0 atom stereocenters. The monoisotopic (exact) mass is 287 g/mol. The lowest BCUT2D eigenvalue weighted by molar-refractivity contribution is 0.529. The second-order valence-corrected chi connectivity index (χ2v) is 5.01. The van der Waals surface area contributed by atoms with Crippen LogP contribution in [-0.2, 0) is 19.5 Å². The zero-order valence-electron chi connectivity index (χ0n) is 12.1. The van der Waals surface area contributed by atoms with Crippen LogP contribution >= 0.6 is 0 Å². The molecule has 1 aromatic carbocycles. The average Bonchev–Trinajstić information content (AvgIpc) is 2.51. The molecule has 2 N–H and O–H groups in total. The van der Waals surface area contributed by atoms with Crippen molar-refractivity contribution in [3.63, 3.8) is 0 Å². The number of benzene rings is 1. The average molecular weight is 287 g/mol. The summed E-state index contributed by atoms with van der Waals surface area (Å²) in [6.45, 7) is 1.17. The van der Waals surface area contributed by atoms with Gasteiger partial charge in [-0.25, -0.2) is 4.79 Å². The lowest BCUT2D eigenvalue weighted by atomic mass is 10.1. The molecule has 1 aromatic heterocycles. The van der Waals surface area contributed by atoms with Gasteiger partial charge in [-0.1, -0.05) is 30.3 Å². The summed E-state index contributed by atoms with van der Waals surface area (Å²) in [5.41, 5.74) is 6.17. The number of aryl methyl sites for hydroxylation is 2. The molecule has 5 nitrogen and oxygen atoms in total. The SMILES string of the molecule is NCCn1c(=O)ccn(CCCCc2ccccc2)c1=O. The van der Waals surface area contributed by atoms with E-state index in [1.54, 1.807) is 10.8 Å².